The van der Waals surface area contributed by atoms with Gasteiger partial charge in [-0.2, -0.15) is 0 Å². The molecule has 0 aromatic heterocycles. The highest BCUT2D eigenvalue weighted by Crippen LogP contribution is 2.39. The summed E-state index contributed by atoms with van der Waals surface area (Å²) >= 11 is 7.63. The molecule has 2 fully saturated rings. The lowest BCUT2D eigenvalue weighted by Crippen LogP contribution is -2.38. The molecular weight excluding hydrogens is 476 g/mol. The van der Waals surface area contributed by atoms with Gasteiger partial charge in [0.25, 0.3) is 5.91 Å². The van der Waals surface area contributed by atoms with Crippen LogP contribution in [-0.4, -0.2) is 40.5 Å². The van der Waals surface area contributed by atoms with Gasteiger partial charge in [-0.1, -0.05) is 66.2 Å². The number of thioether (sulfide) groups is 1. The average Bonchev–Trinajstić information content (AvgIpc) is 3.26. The molecule has 0 unspecified atom stereocenters. The summed E-state index contributed by atoms with van der Waals surface area (Å²) in [5, 5.41) is 0.643. The number of nitrogens with zero attached hydrogens (tertiary/aromatic N) is 2. The van der Waals surface area contributed by atoms with E-state index in [-0.39, 0.29) is 17.2 Å². The zero-order valence-corrected chi connectivity index (χ0v) is 21.2. The monoisotopic (exact) mass is 504 g/mol. The molecule has 0 saturated carbocycles. The van der Waals surface area contributed by atoms with E-state index in [0.717, 1.165) is 43.5 Å². The molecule has 4 nitrogen and oxygen atoms in total. The number of halogens is 1. The number of amides is 2. The van der Waals surface area contributed by atoms with E-state index in [9.17, 15) is 9.59 Å². The summed E-state index contributed by atoms with van der Waals surface area (Å²) in [6.45, 7) is 2.16. The fraction of sp³-hybridized carbons (Fsp3) is 0.310. The van der Waals surface area contributed by atoms with Crippen molar-refractivity contribution in [3.8, 4) is 0 Å². The lowest BCUT2D eigenvalue weighted by atomic mass is 9.90. The van der Waals surface area contributed by atoms with Crippen molar-refractivity contribution in [1.82, 2.24) is 9.80 Å². The summed E-state index contributed by atoms with van der Waals surface area (Å²) in [4.78, 5) is 29.6. The molecule has 2 heterocycles. The number of hydrogen-bond donors (Lipinski definition) is 0. The summed E-state index contributed by atoms with van der Waals surface area (Å²) in [6.07, 6.45) is 3.17. The molecule has 0 radical (unpaired) electrons. The Hall–Kier alpha value is -2.76. The Morgan fingerprint density at radius 1 is 0.886 bits per heavy atom. The van der Waals surface area contributed by atoms with Crippen LogP contribution in [0.4, 0.5) is 0 Å². The molecule has 2 saturated heterocycles. The zero-order chi connectivity index (χ0) is 24.2. The van der Waals surface area contributed by atoms with Gasteiger partial charge in [0.1, 0.15) is 5.37 Å². The lowest BCUT2D eigenvalue weighted by molar-refractivity contribution is -0.128. The second-order valence-corrected chi connectivity index (χ2v) is 10.9. The van der Waals surface area contributed by atoms with E-state index in [1.165, 1.54) is 5.56 Å². The minimum atomic E-state index is -0.0453. The minimum Gasteiger partial charge on any atom is -0.339 e. The molecule has 180 valence electrons. The van der Waals surface area contributed by atoms with Crippen LogP contribution in [0, 0.1) is 5.92 Å². The third-order valence-corrected chi connectivity index (χ3v) is 8.45. The second kappa shape index (κ2) is 10.9. The van der Waals surface area contributed by atoms with Crippen molar-refractivity contribution in [3.05, 3.63) is 106 Å². The van der Waals surface area contributed by atoms with Crippen LogP contribution in [0.3, 0.4) is 0 Å². The van der Waals surface area contributed by atoms with Crippen LogP contribution in [0.2, 0.25) is 5.02 Å². The van der Waals surface area contributed by atoms with Gasteiger partial charge in [0.15, 0.2) is 0 Å². The number of piperidine rings is 1. The maximum absolute atomic E-state index is 13.1. The Kier molecular flexibility index (Phi) is 7.45. The molecule has 3 aromatic rings. The second-order valence-electron chi connectivity index (χ2n) is 9.36. The Morgan fingerprint density at radius 2 is 1.57 bits per heavy atom. The molecule has 3 aromatic carbocycles. The van der Waals surface area contributed by atoms with Crippen LogP contribution in [0.15, 0.2) is 78.9 Å². The first kappa shape index (κ1) is 24.0. The Bertz CT molecular complexity index is 1160. The van der Waals surface area contributed by atoms with Crippen LogP contribution < -0.4 is 0 Å². The number of benzene rings is 3. The molecule has 0 aliphatic carbocycles. The molecule has 2 aliphatic heterocycles. The lowest BCUT2D eigenvalue weighted by Gasteiger charge is -2.32. The molecule has 2 amide bonds. The topological polar surface area (TPSA) is 40.6 Å². The third-order valence-electron chi connectivity index (χ3n) is 6.95. The molecule has 6 heteroatoms. The smallest absolute Gasteiger partial charge is 0.253 e. The summed E-state index contributed by atoms with van der Waals surface area (Å²) in [7, 11) is 0. The Balaban J connectivity index is 1.19. The Morgan fingerprint density at radius 3 is 2.26 bits per heavy atom. The van der Waals surface area contributed by atoms with Crippen LogP contribution >= 0.6 is 23.4 Å². The van der Waals surface area contributed by atoms with Crippen LogP contribution in [-0.2, 0) is 17.8 Å². The maximum Gasteiger partial charge on any atom is 0.253 e. The number of rotatable bonds is 6. The van der Waals surface area contributed by atoms with Crippen LogP contribution in [0.25, 0.3) is 0 Å². The number of likely N-dealkylation sites (tertiary alicyclic amines) is 1. The highest BCUT2D eigenvalue weighted by molar-refractivity contribution is 8.00. The van der Waals surface area contributed by atoms with Gasteiger partial charge in [-0.05, 0) is 66.1 Å². The van der Waals surface area contributed by atoms with E-state index < -0.39 is 0 Å². The van der Waals surface area contributed by atoms with E-state index in [1.807, 2.05) is 58.3 Å². The standard InChI is InChI=1S/C29H29ClN2O2S/c30-26-12-6-23(7-13-26)19-32-27(33)20-35-29(32)25-10-8-24(9-11-25)28(34)31-16-14-22(15-17-31)18-21-4-2-1-3-5-21/h1-13,22,29H,14-20H2/t29-/m1/s1. The van der Waals surface area contributed by atoms with E-state index in [1.54, 1.807) is 11.8 Å². The quantitative estimate of drug-likeness (QED) is 0.400. The Labute approximate surface area is 216 Å². The van der Waals surface area contributed by atoms with Gasteiger partial charge >= 0.3 is 0 Å². The average molecular weight is 505 g/mol. The zero-order valence-electron chi connectivity index (χ0n) is 19.6. The van der Waals surface area contributed by atoms with Crippen molar-refractivity contribution >= 4 is 35.2 Å². The maximum atomic E-state index is 13.1. The van der Waals surface area contributed by atoms with Crippen molar-refractivity contribution in [3.63, 3.8) is 0 Å². The van der Waals surface area contributed by atoms with E-state index in [0.29, 0.717) is 28.8 Å². The van der Waals surface area contributed by atoms with Crippen molar-refractivity contribution in [2.45, 2.75) is 31.2 Å². The number of hydrogen-bond acceptors (Lipinski definition) is 3. The normalized spacial score (nSPS) is 18.8. The first-order chi connectivity index (χ1) is 17.1. The van der Waals surface area contributed by atoms with Gasteiger partial charge in [0.05, 0.1) is 5.75 Å². The van der Waals surface area contributed by atoms with Crippen molar-refractivity contribution < 1.29 is 9.59 Å². The van der Waals surface area contributed by atoms with Gasteiger partial charge in [0.2, 0.25) is 5.91 Å². The largest absolute Gasteiger partial charge is 0.339 e. The molecular formula is C29H29ClN2O2S. The van der Waals surface area contributed by atoms with E-state index >= 15 is 0 Å². The molecule has 1 atom stereocenters. The van der Waals surface area contributed by atoms with E-state index in [2.05, 4.69) is 30.3 Å². The summed E-state index contributed by atoms with van der Waals surface area (Å²) in [5.41, 5.74) is 4.20. The van der Waals surface area contributed by atoms with Gasteiger partial charge in [0, 0.05) is 30.2 Å². The molecule has 0 bridgehead atoms. The fourth-order valence-electron chi connectivity index (χ4n) is 4.95. The molecule has 2 aliphatic rings. The van der Waals surface area contributed by atoms with Crippen LogP contribution in [0.1, 0.15) is 45.3 Å². The first-order valence-electron chi connectivity index (χ1n) is 12.2. The van der Waals surface area contributed by atoms with Gasteiger partial charge in [-0.3, -0.25) is 9.59 Å². The molecule has 35 heavy (non-hydrogen) atoms. The summed E-state index contributed by atoms with van der Waals surface area (Å²) in [6, 6.07) is 26.1. The minimum absolute atomic E-state index is 0.0453. The molecule has 0 spiro atoms. The van der Waals surface area contributed by atoms with Crippen molar-refractivity contribution in [1.29, 1.82) is 0 Å². The SMILES string of the molecule is O=C(c1ccc([C@H]2SCC(=O)N2Cc2ccc(Cl)cc2)cc1)N1CCC(Cc2ccccc2)CC1. The highest BCUT2D eigenvalue weighted by Gasteiger charge is 2.33. The van der Waals surface area contributed by atoms with Crippen LogP contribution in [0.5, 0.6) is 0 Å². The van der Waals surface area contributed by atoms with Gasteiger partial charge < -0.3 is 9.80 Å². The highest BCUT2D eigenvalue weighted by atomic mass is 35.5. The number of carbonyl (C=O) groups excluding carboxylic acids is 2. The summed E-state index contributed by atoms with van der Waals surface area (Å²) < 4.78 is 0. The fourth-order valence-corrected chi connectivity index (χ4v) is 6.26. The number of carbonyl (C=O) groups is 2. The molecule has 5 rings (SSSR count). The predicted octanol–water partition coefficient (Wildman–Crippen LogP) is 6.21. The van der Waals surface area contributed by atoms with Crippen molar-refractivity contribution in [2.75, 3.05) is 18.8 Å². The summed E-state index contributed by atoms with van der Waals surface area (Å²) in [5.74, 6) is 1.33. The van der Waals surface area contributed by atoms with Gasteiger partial charge in [-0.25, -0.2) is 0 Å². The molecule has 0 N–H and O–H groups in total. The third kappa shape index (κ3) is 5.74. The van der Waals surface area contributed by atoms with E-state index in [4.69, 9.17) is 11.6 Å². The predicted molar refractivity (Wildman–Crippen MR) is 142 cm³/mol. The van der Waals surface area contributed by atoms with Gasteiger partial charge in [-0.15, -0.1) is 11.8 Å². The van der Waals surface area contributed by atoms with Crippen molar-refractivity contribution in [2.24, 2.45) is 5.92 Å². The first-order valence-corrected chi connectivity index (χ1v) is 13.6.